The van der Waals surface area contributed by atoms with E-state index in [4.69, 9.17) is 23.2 Å². The molecule has 0 unspecified atom stereocenters. The van der Waals surface area contributed by atoms with Gasteiger partial charge in [-0.3, -0.25) is 13.9 Å². The Kier molecular flexibility index (Phi) is 10.7. The molecule has 1 atom stereocenters. The van der Waals surface area contributed by atoms with Crippen LogP contribution in [0, 0.1) is 0 Å². The molecule has 37 heavy (non-hydrogen) atoms. The Morgan fingerprint density at radius 2 is 1.81 bits per heavy atom. The molecule has 3 rings (SSSR count). The van der Waals surface area contributed by atoms with Gasteiger partial charge in [0, 0.05) is 27.1 Å². The number of carbonyl (C=O) groups excluding carboxylic acids is 2. The van der Waals surface area contributed by atoms with Crippen molar-refractivity contribution in [2.75, 3.05) is 17.1 Å². The summed E-state index contributed by atoms with van der Waals surface area (Å²) in [5.74, 6) is -0.761. The first kappa shape index (κ1) is 29.7. The summed E-state index contributed by atoms with van der Waals surface area (Å²) in [6.45, 7) is 1.40. The molecule has 1 aliphatic rings. The van der Waals surface area contributed by atoms with Crippen LogP contribution in [0.1, 0.15) is 51.0 Å². The monoisotopic (exact) mass is 631 g/mol. The third kappa shape index (κ3) is 8.34. The zero-order chi connectivity index (χ0) is 27.2. The Morgan fingerprint density at radius 1 is 1.11 bits per heavy atom. The number of carbonyl (C=O) groups is 2. The molecule has 2 amide bonds. The van der Waals surface area contributed by atoms with Gasteiger partial charge >= 0.3 is 0 Å². The van der Waals surface area contributed by atoms with E-state index in [0.29, 0.717) is 32.2 Å². The van der Waals surface area contributed by atoms with Crippen LogP contribution >= 0.6 is 39.1 Å². The van der Waals surface area contributed by atoms with Crippen molar-refractivity contribution < 1.29 is 18.0 Å². The number of hydrogen-bond donors (Lipinski definition) is 1. The molecule has 0 spiro atoms. The van der Waals surface area contributed by atoms with Gasteiger partial charge in [-0.25, -0.2) is 8.42 Å². The molecule has 2 aromatic carbocycles. The lowest BCUT2D eigenvalue weighted by Crippen LogP contribution is -2.54. The van der Waals surface area contributed by atoms with Crippen molar-refractivity contribution in [3.63, 3.8) is 0 Å². The molecule has 0 saturated heterocycles. The Bertz CT molecular complexity index is 1220. The van der Waals surface area contributed by atoms with Crippen LogP contribution in [0.15, 0.2) is 46.9 Å². The Morgan fingerprint density at radius 3 is 2.41 bits per heavy atom. The quantitative estimate of drug-likeness (QED) is 0.360. The zero-order valence-corrected chi connectivity index (χ0v) is 24.8. The first-order chi connectivity index (χ1) is 17.5. The number of anilines is 1. The van der Waals surface area contributed by atoms with Crippen LogP contribution in [0.2, 0.25) is 10.0 Å². The summed E-state index contributed by atoms with van der Waals surface area (Å²) < 4.78 is 27.1. The molecule has 202 valence electrons. The number of rotatable bonds is 10. The van der Waals surface area contributed by atoms with E-state index >= 15 is 0 Å². The molecular weight excluding hydrogens is 601 g/mol. The highest BCUT2D eigenvalue weighted by molar-refractivity contribution is 9.10. The SMILES string of the molecule is CC[C@@H](C(=O)NC1CCCCC1)N(Cc1ccc(Cl)cc1Cl)C(=O)CN(c1cccc(Br)c1)S(C)(=O)=O. The molecule has 1 fully saturated rings. The molecule has 11 heteroatoms. The van der Waals surface area contributed by atoms with E-state index in [0.717, 1.165) is 42.7 Å². The van der Waals surface area contributed by atoms with Crippen molar-refractivity contribution >= 4 is 66.7 Å². The smallest absolute Gasteiger partial charge is 0.244 e. The second kappa shape index (κ2) is 13.3. The van der Waals surface area contributed by atoms with E-state index in [9.17, 15) is 18.0 Å². The molecule has 0 bridgehead atoms. The first-order valence-electron chi connectivity index (χ1n) is 12.3. The first-order valence-corrected chi connectivity index (χ1v) is 15.7. The van der Waals surface area contributed by atoms with Gasteiger partial charge in [-0.15, -0.1) is 0 Å². The van der Waals surface area contributed by atoms with Crippen molar-refractivity contribution in [1.82, 2.24) is 10.2 Å². The maximum Gasteiger partial charge on any atom is 0.244 e. The van der Waals surface area contributed by atoms with Gasteiger partial charge in [-0.05, 0) is 55.2 Å². The molecule has 0 radical (unpaired) electrons. The molecule has 0 aromatic heterocycles. The summed E-state index contributed by atoms with van der Waals surface area (Å²) in [6, 6.07) is 10.9. The Hall–Kier alpha value is -1.81. The van der Waals surface area contributed by atoms with Gasteiger partial charge in [0.1, 0.15) is 12.6 Å². The number of benzene rings is 2. The number of amides is 2. The molecule has 0 heterocycles. The topological polar surface area (TPSA) is 86.8 Å². The van der Waals surface area contributed by atoms with Gasteiger partial charge in [0.15, 0.2) is 0 Å². The van der Waals surface area contributed by atoms with E-state index in [2.05, 4.69) is 21.2 Å². The number of nitrogens with one attached hydrogen (secondary N) is 1. The summed E-state index contributed by atoms with van der Waals surface area (Å²) >= 11 is 15.8. The van der Waals surface area contributed by atoms with E-state index in [1.54, 1.807) is 42.5 Å². The lowest BCUT2D eigenvalue weighted by Gasteiger charge is -2.34. The van der Waals surface area contributed by atoms with Crippen LogP contribution in [0.4, 0.5) is 5.69 Å². The highest BCUT2D eigenvalue weighted by Gasteiger charge is 2.33. The highest BCUT2D eigenvalue weighted by Crippen LogP contribution is 2.26. The third-order valence-corrected chi connectivity index (χ3v) is 8.69. The van der Waals surface area contributed by atoms with E-state index in [1.165, 1.54) is 4.90 Å². The fourth-order valence-electron chi connectivity index (χ4n) is 4.54. The Balaban J connectivity index is 1.94. The van der Waals surface area contributed by atoms with E-state index < -0.39 is 28.5 Å². The Labute approximate surface area is 237 Å². The third-order valence-electron chi connectivity index (χ3n) is 6.47. The van der Waals surface area contributed by atoms with Gasteiger partial charge in [-0.2, -0.15) is 0 Å². The lowest BCUT2D eigenvalue weighted by atomic mass is 9.95. The number of nitrogens with zero attached hydrogens (tertiary/aromatic N) is 2. The molecule has 1 saturated carbocycles. The van der Waals surface area contributed by atoms with Gasteiger partial charge in [-0.1, -0.05) is 77.5 Å². The minimum atomic E-state index is -3.80. The molecule has 0 aliphatic heterocycles. The van der Waals surface area contributed by atoms with Gasteiger partial charge < -0.3 is 10.2 Å². The summed E-state index contributed by atoms with van der Waals surface area (Å²) in [5, 5.41) is 3.92. The summed E-state index contributed by atoms with van der Waals surface area (Å²) in [6.07, 6.45) is 6.48. The van der Waals surface area contributed by atoms with Crippen molar-refractivity contribution in [3.8, 4) is 0 Å². The molecule has 2 aromatic rings. The molecule has 1 aliphatic carbocycles. The lowest BCUT2D eigenvalue weighted by molar-refractivity contribution is -0.140. The fourth-order valence-corrected chi connectivity index (χ4v) is 6.24. The number of sulfonamides is 1. The standard InChI is InChI=1S/C26H32BrCl2N3O4S/c1-3-24(26(34)30-21-9-5-4-6-10-21)31(16-18-12-13-20(28)15-23(18)29)25(33)17-32(37(2,35)36)22-11-7-8-19(27)14-22/h7-8,11-15,21,24H,3-6,9-10,16-17H2,1-2H3,(H,30,34)/t24-/m0/s1. The number of halogens is 3. The summed E-state index contributed by atoms with van der Waals surface area (Å²) in [5.41, 5.74) is 0.950. The normalized spacial score (nSPS) is 15.2. The maximum atomic E-state index is 13.8. The minimum Gasteiger partial charge on any atom is -0.352 e. The predicted molar refractivity (Wildman–Crippen MR) is 152 cm³/mol. The van der Waals surface area contributed by atoms with Crippen LogP contribution in [0.5, 0.6) is 0 Å². The van der Waals surface area contributed by atoms with Crippen molar-refractivity contribution in [2.24, 2.45) is 0 Å². The predicted octanol–water partition coefficient (Wildman–Crippen LogP) is 5.78. The summed E-state index contributed by atoms with van der Waals surface area (Å²) in [7, 11) is -3.80. The molecule has 1 N–H and O–H groups in total. The van der Waals surface area contributed by atoms with Crippen molar-refractivity contribution in [1.29, 1.82) is 0 Å². The van der Waals surface area contributed by atoms with Crippen LogP contribution in [-0.4, -0.2) is 50.0 Å². The van der Waals surface area contributed by atoms with Crippen molar-refractivity contribution in [3.05, 3.63) is 62.5 Å². The van der Waals surface area contributed by atoms with E-state index in [-0.39, 0.29) is 18.5 Å². The van der Waals surface area contributed by atoms with E-state index in [1.807, 2.05) is 6.92 Å². The minimum absolute atomic E-state index is 0.0293. The van der Waals surface area contributed by atoms with Gasteiger partial charge in [0.2, 0.25) is 21.8 Å². The van der Waals surface area contributed by atoms with Crippen LogP contribution in [0.25, 0.3) is 0 Å². The molecular formula is C26H32BrCl2N3O4S. The molecule has 7 nitrogen and oxygen atoms in total. The fraction of sp³-hybridized carbons (Fsp3) is 0.462. The van der Waals surface area contributed by atoms with Gasteiger partial charge in [0.05, 0.1) is 11.9 Å². The maximum absolute atomic E-state index is 13.8. The average molecular weight is 633 g/mol. The average Bonchev–Trinajstić information content (AvgIpc) is 2.83. The van der Waals surface area contributed by atoms with Crippen LogP contribution in [-0.2, 0) is 26.2 Å². The second-order valence-electron chi connectivity index (χ2n) is 9.27. The summed E-state index contributed by atoms with van der Waals surface area (Å²) in [4.78, 5) is 28.6. The largest absolute Gasteiger partial charge is 0.352 e. The van der Waals surface area contributed by atoms with Crippen molar-refractivity contribution in [2.45, 2.75) is 64.1 Å². The number of hydrogen-bond acceptors (Lipinski definition) is 4. The van der Waals surface area contributed by atoms with Crippen LogP contribution < -0.4 is 9.62 Å². The van der Waals surface area contributed by atoms with Crippen LogP contribution in [0.3, 0.4) is 0 Å². The van der Waals surface area contributed by atoms with Gasteiger partial charge in [0.25, 0.3) is 0 Å². The zero-order valence-electron chi connectivity index (χ0n) is 20.9. The second-order valence-corrected chi connectivity index (χ2v) is 12.9. The highest BCUT2D eigenvalue weighted by atomic mass is 79.9.